The van der Waals surface area contributed by atoms with Crippen molar-refractivity contribution in [1.82, 2.24) is 5.32 Å². The third-order valence-corrected chi connectivity index (χ3v) is 7.37. The molecule has 0 aliphatic rings. The predicted molar refractivity (Wildman–Crippen MR) is 162 cm³/mol. The molecule has 2 N–H and O–H groups in total. The number of ether oxygens (including phenoxy) is 3. The molecule has 3 aromatic rings. The molecule has 1 amide bonds. The van der Waals surface area contributed by atoms with Crippen LogP contribution in [0.3, 0.4) is 0 Å². The van der Waals surface area contributed by atoms with E-state index in [9.17, 15) is 14.7 Å². The molecule has 41 heavy (non-hydrogen) atoms. The molecule has 1 atom stereocenters. The van der Waals surface area contributed by atoms with Crippen LogP contribution in [-0.2, 0) is 27.3 Å². The molecule has 0 aromatic heterocycles. The van der Waals surface area contributed by atoms with Crippen molar-refractivity contribution in [3.8, 4) is 5.75 Å². The lowest BCUT2D eigenvalue weighted by Crippen LogP contribution is -2.58. The molecule has 0 spiro atoms. The summed E-state index contributed by atoms with van der Waals surface area (Å²) in [5.74, 6) is 0.0803. The molecular formula is C32H38ClNO6S. The van der Waals surface area contributed by atoms with Crippen LogP contribution in [0.1, 0.15) is 51.7 Å². The number of hydrogen-bond donors (Lipinski definition) is 2. The van der Waals surface area contributed by atoms with Gasteiger partial charge in [-0.3, -0.25) is 0 Å². The average molecular weight is 600 g/mol. The summed E-state index contributed by atoms with van der Waals surface area (Å²) >= 11 is 8.21. The molecule has 9 heteroatoms. The Morgan fingerprint density at radius 2 is 1.71 bits per heavy atom. The zero-order valence-corrected chi connectivity index (χ0v) is 25.5. The number of carbonyl (C=O) groups is 2. The molecule has 0 saturated carbocycles. The van der Waals surface area contributed by atoms with Crippen LogP contribution in [0.4, 0.5) is 4.79 Å². The van der Waals surface area contributed by atoms with Crippen molar-refractivity contribution >= 4 is 35.4 Å². The number of alkyl carbamates (subject to hydrolysis) is 1. The number of halogens is 1. The standard InChI is InChI=1S/C32H38ClNO6S/c1-5-38-29(36)32(22-35,34-30(37)40-31(2,3)4)18-10-13-24-16-17-27(20-28(24)33)41-26-15-9-14-25(19-26)39-21-23-11-7-6-8-12-23/h6-9,11-12,14-17,19-20,35H,5,10,13,18,21-22H2,1-4H3,(H,34,37). The first kappa shape index (κ1) is 32.3. The van der Waals surface area contributed by atoms with Gasteiger partial charge in [0.15, 0.2) is 5.54 Å². The molecule has 0 fully saturated rings. The van der Waals surface area contributed by atoms with Gasteiger partial charge in [0.1, 0.15) is 18.0 Å². The summed E-state index contributed by atoms with van der Waals surface area (Å²) in [6.45, 7) is 6.82. The van der Waals surface area contributed by atoms with E-state index in [1.165, 1.54) is 0 Å². The predicted octanol–water partition coefficient (Wildman–Crippen LogP) is 7.21. The lowest BCUT2D eigenvalue weighted by Gasteiger charge is -2.31. The zero-order valence-electron chi connectivity index (χ0n) is 23.9. The molecule has 220 valence electrons. The Bertz CT molecular complexity index is 1300. The van der Waals surface area contributed by atoms with Crippen LogP contribution in [0.25, 0.3) is 0 Å². The van der Waals surface area contributed by atoms with Gasteiger partial charge in [-0.05, 0) is 88.4 Å². The summed E-state index contributed by atoms with van der Waals surface area (Å²) in [7, 11) is 0. The number of aliphatic hydroxyl groups excluding tert-OH is 1. The topological polar surface area (TPSA) is 94.1 Å². The smallest absolute Gasteiger partial charge is 0.408 e. The number of aryl methyl sites for hydroxylation is 1. The van der Waals surface area contributed by atoms with Crippen molar-refractivity contribution in [3.63, 3.8) is 0 Å². The largest absolute Gasteiger partial charge is 0.489 e. The molecule has 3 rings (SSSR count). The van der Waals surface area contributed by atoms with E-state index in [0.29, 0.717) is 24.5 Å². The van der Waals surface area contributed by atoms with Gasteiger partial charge < -0.3 is 24.6 Å². The van der Waals surface area contributed by atoms with Crippen molar-refractivity contribution in [2.45, 2.75) is 74.5 Å². The summed E-state index contributed by atoms with van der Waals surface area (Å²) in [4.78, 5) is 27.2. The second kappa shape index (κ2) is 15.1. The van der Waals surface area contributed by atoms with Gasteiger partial charge in [0.25, 0.3) is 0 Å². The van der Waals surface area contributed by atoms with E-state index in [2.05, 4.69) is 5.32 Å². The third-order valence-electron chi connectivity index (χ3n) is 6.04. The van der Waals surface area contributed by atoms with Crippen molar-refractivity contribution in [1.29, 1.82) is 0 Å². The second-order valence-electron chi connectivity index (χ2n) is 10.5. The van der Waals surface area contributed by atoms with Crippen LogP contribution in [0.5, 0.6) is 5.75 Å². The zero-order chi connectivity index (χ0) is 29.9. The van der Waals surface area contributed by atoms with Gasteiger partial charge in [-0.25, -0.2) is 9.59 Å². The van der Waals surface area contributed by atoms with E-state index in [0.717, 1.165) is 26.7 Å². The Morgan fingerprint density at radius 3 is 2.37 bits per heavy atom. The van der Waals surface area contributed by atoms with Gasteiger partial charge >= 0.3 is 12.1 Å². The van der Waals surface area contributed by atoms with E-state index in [1.54, 1.807) is 39.5 Å². The fourth-order valence-corrected chi connectivity index (χ4v) is 5.29. The van der Waals surface area contributed by atoms with Crippen LogP contribution in [0, 0.1) is 0 Å². The van der Waals surface area contributed by atoms with E-state index in [4.69, 9.17) is 25.8 Å². The van der Waals surface area contributed by atoms with Crippen molar-refractivity contribution in [3.05, 3.63) is 88.9 Å². The molecule has 3 aromatic carbocycles. The number of amides is 1. The maximum absolute atomic E-state index is 12.8. The minimum Gasteiger partial charge on any atom is -0.489 e. The van der Waals surface area contributed by atoms with Gasteiger partial charge in [0, 0.05) is 14.8 Å². The minimum atomic E-state index is -1.62. The fraction of sp³-hybridized carbons (Fsp3) is 0.375. The van der Waals surface area contributed by atoms with Crippen LogP contribution in [-0.4, -0.2) is 41.5 Å². The number of hydrogen-bond acceptors (Lipinski definition) is 7. The molecule has 7 nitrogen and oxygen atoms in total. The Labute approximate surface area is 251 Å². The lowest BCUT2D eigenvalue weighted by atomic mass is 9.92. The lowest BCUT2D eigenvalue weighted by molar-refractivity contribution is -0.153. The molecule has 1 unspecified atom stereocenters. The van der Waals surface area contributed by atoms with Crippen LogP contribution < -0.4 is 10.1 Å². The third kappa shape index (κ3) is 10.3. The first-order valence-electron chi connectivity index (χ1n) is 13.6. The van der Waals surface area contributed by atoms with Crippen molar-refractivity contribution in [2.75, 3.05) is 13.2 Å². The Kier molecular flexibility index (Phi) is 11.9. The van der Waals surface area contributed by atoms with Crippen molar-refractivity contribution in [2.24, 2.45) is 0 Å². The van der Waals surface area contributed by atoms with Crippen molar-refractivity contribution < 1.29 is 28.9 Å². The number of aliphatic hydroxyl groups is 1. The molecular weight excluding hydrogens is 562 g/mol. The Balaban J connectivity index is 1.62. The Hall–Kier alpha value is -3.20. The summed E-state index contributed by atoms with van der Waals surface area (Å²) in [5.41, 5.74) is -0.381. The molecule has 0 radical (unpaired) electrons. The maximum atomic E-state index is 12.8. The maximum Gasteiger partial charge on any atom is 0.408 e. The molecule has 0 bridgehead atoms. The molecule has 0 aliphatic carbocycles. The van der Waals surface area contributed by atoms with Crippen LogP contribution in [0.2, 0.25) is 5.02 Å². The number of benzene rings is 3. The monoisotopic (exact) mass is 599 g/mol. The first-order valence-corrected chi connectivity index (χ1v) is 14.8. The van der Waals surface area contributed by atoms with Gasteiger partial charge in [-0.15, -0.1) is 0 Å². The van der Waals surface area contributed by atoms with E-state index >= 15 is 0 Å². The molecule has 0 aliphatic heterocycles. The van der Waals surface area contributed by atoms with Gasteiger partial charge in [-0.2, -0.15) is 0 Å². The van der Waals surface area contributed by atoms with E-state index in [-0.39, 0.29) is 13.0 Å². The highest BCUT2D eigenvalue weighted by Crippen LogP contribution is 2.33. The minimum absolute atomic E-state index is 0.115. The van der Waals surface area contributed by atoms with E-state index < -0.39 is 29.8 Å². The fourth-order valence-electron chi connectivity index (χ4n) is 4.05. The van der Waals surface area contributed by atoms with Gasteiger partial charge in [-0.1, -0.05) is 65.8 Å². The summed E-state index contributed by atoms with van der Waals surface area (Å²) in [6, 6.07) is 23.8. The molecule has 0 heterocycles. The number of esters is 1. The van der Waals surface area contributed by atoms with Gasteiger partial charge in [0.2, 0.25) is 0 Å². The highest BCUT2D eigenvalue weighted by molar-refractivity contribution is 7.99. The van der Waals surface area contributed by atoms with Crippen LogP contribution in [0.15, 0.2) is 82.6 Å². The highest BCUT2D eigenvalue weighted by atomic mass is 35.5. The first-order chi connectivity index (χ1) is 19.5. The Morgan fingerprint density at radius 1 is 0.976 bits per heavy atom. The second-order valence-corrected chi connectivity index (χ2v) is 12.1. The van der Waals surface area contributed by atoms with Crippen LogP contribution >= 0.6 is 23.4 Å². The highest BCUT2D eigenvalue weighted by Gasteiger charge is 2.41. The SMILES string of the molecule is CCOC(=O)C(CO)(CCCc1ccc(Sc2cccc(OCc3ccccc3)c2)cc1Cl)NC(=O)OC(C)(C)C. The molecule has 0 saturated heterocycles. The average Bonchev–Trinajstić information content (AvgIpc) is 2.92. The number of nitrogens with one attached hydrogen (secondary N) is 1. The summed E-state index contributed by atoms with van der Waals surface area (Å²) in [5, 5.41) is 13.3. The van der Waals surface area contributed by atoms with Gasteiger partial charge in [0.05, 0.1) is 13.2 Å². The summed E-state index contributed by atoms with van der Waals surface area (Å²) in [6.07, 6.45) is 0.337. The normalized spacial score (nSPS) is 12.7. The quantitative estimate of drug-likeness (QED) is 0.200. The number of carbonyl (C=O) groups excluding carboxylic acids is 2. The van der Waals surface area contributed by atoms with E-state index in [1.807, 2.05) is 72.8 Å². The number of rotatable bonds is 13. The summed E-state index contributed by atoms with van der Waals surface area (Å²) < 4.78 is 16.4.